The highest BCUT2D eigenvalue weighted by molar-refractivity contribution is 5.79. The van der Waals surface area contributed by atoms with E-state index in [1.165, 1.54) is 5.69 Å². The molecule has 4 rings (SSSR count). The Kier molecular flexibility index (Phi) is 5.76. The molecule has 2 aliphatic rings. The van der Waals surface area contributed by atoms with Crippen LogP contribution in [0.5, 0.6) is 0 Å². The van der Waals surface area contributed by atoms with Crippen molar-refractivity contribution < 1.29 is 4.79 Å². The molecule has 6 nitrogen and oxygen atoms in total. The number of piperazine rings is 1. The monoisotopic (exact) mass is 379 g/mol. The van der Waals surface area contributed by atoms with Crippen molar-refractivity contribution in [3.8, 4) is 0 Å². The molecule has 2 fully saturated rings. The van der Waals surface area contributed by atoms with Gasteiger partial charge in [0.1, 0.15) is 0 Å². The maximum atomic E-state index is 12.5. The number of hydrogen-bond donors (Lipinski definition) is 2. The van der Waals surface area contributed by atoms with E-state index in [1.807, 2.05) is 12.4 Å². The van der Waals surface area contributed by atoms with E-state index in [0.717, 1.165) is 62.5 Å². The van der Waals surface area contributed by atoms with Gasteiger partial charge in [0.25, 0.3) is 0 Å². The van der Waals surface area contributed by atoms with Gasteiger partial charge in [-0.05, 0) is 42.7 Å². The summed E-state index contributed by atoms with van der Waals surface area (Å²) < 4.78 is 0. The fraction of sp³-hybridized carbons (Fsp3) is 0.455. The highest BCUT2D eigenvalue weighted by Crippen LogP contribution is 2.20. The second-order valence-corrected chi connectivity index (χ2v) is 7.80. The van der Waals surface area contributed by atoms with Gasteiger partial charge in [-0.3, -0.25) is 9.78 Å². The summed E-state index contributed by atoms with van der Waals surface area (Å²) in [5.74, 6) is 0.101. The smallest absolute Gasteiger partial charge is 0.224 e. The number of anilines is 2. The van der Waals surface area contributed by atoms with Crippen LogP contribution in [0.15, 0.2) is 42.7 Å². The van der Waals surface area contributed by atoms with Crippen LogP contribution in [0.3, 0.4) is 0 Å². The molecule has 2 aromatic rings. The molecule has 2 saturated heterocycles. The lowest BCUT2D eigenvalue weighted by atomic mass is 10.1. The predicted octanol–water partition coefficient (Wildman–Crippen LogP) is 1.74. The van der Waals surface area contributed by atoms with E-state index in [1.54, 1.807) is 0 Å². The van der Waals surface area contributed by atoms with Gasteiger partial charge in [0, 0.05) is 57.2 Å². The van der Waals surface area contributed by atoms with Crippen molar-refractivity contribution >= 4 is 17.3 Å². The minimum absolute atomic E-state index is 0.101. The van der Waals surface area contributed by atoms with Gasteiger partial charge in [-0.25, -0.2) is 0 Å². The maximum absolute atomic E-state index is 12.5. The van der Waals surface area contributed by atoms with Gasteiger partial charge in [0.15, 0.2) is 0 Å². The third-order valence-corrected chi connectivity index (χ3v) is 5.56. The van der Waals surface area contributed by atoms with Crippen molar-refractivity contribution in [3.05, 3.63) is 53.9 Å². The Labute approximate surface area is 166 Å². The minimum Gasteiger partial charge on any atom is -0.369 e. The number of benzene rings is 1. The topological polar surface area (TPSA) is 60.5 Å². The third kappa shape index (κ3) is 4.62. The van der Waals surface area contributed by atoms with Crippen LogP contribution >= 0.6 is 0 Å². The summed E-state index contributed by atoms with van der Waals surface area (Å²) in [7, 11) is 0. The summed E-state index contributed by atoms with van der Waals surface area (Å²) in [6.07, 6.45) is 5.18. The molecule has 0 unspecified atom stereocenters. The molecule has 2 aliphatic heterocycles. The molecule has 0 radical (unpaired) electrons. The second kappa shape index (κ2) is 8.61. The predicted molar refractivity (Wildman–Crippen MR) is 113 cm³/mol. The fourth-order valence-electron chi connectivity index (χ4n) is 4.04. The van der Waals surface area contributed by atoms with Crippen LogP contribution in [0.1, 0.15) is 17.5 Å². The van der Waals surface area contributed by atoms with Crippen molar-refractivity contribution in [2.24, 2.45) is 0 Å². The van der Waals surface area contributed by atoms with Crippen LogP contribution in [0.25, 0.3) is 0 Å². The van der Waals surface area contributed by atoms with Gasteiger partial charge in [-0.1, -0.05) is 12.1 Å². The number of nitrogens with zero attached hydrogens (tertiary/aromatic N) is 3. The minimum atomic E-state index is 0.101. The molecular weight excluding hydrogens is 350 g/mol. The maximum Gasteiger partial charge on any atom is 0.224 e. The molecule has 1 aromatic heterocycles. The fourth-order valence-corrected chi connectivity index (χ4v) is 4.04. The Balaban J connectivity index is 1.27. The molecule has 1 aromatic carbocycles. The van der Waals surface area contributed by atoms with Gasteiger partial charge in [0.2, 0.25) is 5.91 Å². The number of hydrogen-bond acceptors (Lipinski definition) is 5. The van der Waals surface area contributed by atoms with Crippen LogP contribution in [0.2, 0.25) is 0 Å². The summed E-state index contributed by atoms with van der Waals surface area (Å²) in [6, 6.07) is 10.8. The third-order valence-electron chi connectivity index (χ3n) is 5.56. The van der Waals surface area contributed by atoms with Crippen molar-refractivity contribution in [2.45, 2.75) is 25.8 Å². The Bertz CT molecular complexity index is 801. The highest BCUT2D eigenvalue weighted by Gasteiger charge is 2.24. The van der Waals surface area contributed by atoms with E-state index in [2.05, 4.69) is 62.7 Å². The summed E-state index contributed by atoms with van der Waals surface area (Å²) in [5, 5.41) is 6.57. The highest BCUT2D eigenvalue weighted by atomic mass is 16.1. The van der Waals surface area contributed by atoms with Crippen molar-refractivity contribution in [1.82, 2.24) is 15.6 Å². The normalized spacial score (nSPS) is 19.7. The molecule has 6 heteroatoms. The molecule has 1 amide bonds. The van der Waals surface area contributed by atoms with Gasteiger partial charge in [0.05, 0.1) is 18.3 Å². The van der Waals surface area contributed by atoms with E-state index in [9.17, 15) is 4.79 Å². The second-order valence-electron chi connectivity index (χ2n) is 7.80. The van der Waals surface area contributed by atoms with E-state index >= 15 is 0 Å². The zero-order chi connectivity index (χ0) is 19.3. The first-order chi connectivity index (χ1) is 13.7. The van der Waals surface area contributed by atoms with E-state index < -0.39 is 0 Å². The molecule has 148 valence electrons. The van der Waals surface area contributed by atoms with Crippen molar-refractivity contribution in [1.29, 1.82) is 0 Å². The molecule has 0 spiro atoms. The summed E-state index contributed by atoms with van der Waals surface area (Å²) in [6.45, 7) is 7.98. The first kappa shape index (κ1) is 18.7. The molecule has 0 aliphatic carbocycles. The van der Waals surface area contributed by atoms with Crippen LogP contribution < -0.4 is 20.4 Å². The molecule has 0 saturated carbocycles. The number of nitrogens with one attached hydrogen (secondary N) is 2. The zero-order valence-electron chi connectivity index (χ0n) is 16.5. The average Bonchev–Trinajstić information content (AvgIpc) is 3.17. The van der Waals surface area contributed by atoms with E-state index in [-0.39, 0.29) is 11.9 Å². The Morgan fingerprint density at radius 2 is 1.89 bits per heavy atom. The number of amides is 1. The van der Waals surface area contributed by atoms with Crippen molar-refractivity contribution in [3.63, 3.8) is 0 Å². The Hall–Kier alpha value is -2.60. The number of rotatable bonds is 5. The Morgan fingerprint density at radius 1 is 1.11 bits per heavy atom. The quantitative estimate of drug-likeness (QED) is 0.829. The number of carbonyl (C=O) groups is 1. The standard InChI is InChI=1S/C22H29N5O/c1-17-12-21(15-24-14-17)27-9-6-19(16-27)25-22(28)13-18-2-4-20(5-3-18)26-10-7-23-8-11-26/h2-5,12,14-15,19,23H,6-11,13,16H2,1H3,(H,25,28)/t19-/m1/s1. The number of aryl methyl sites for hydroxylation is 1. The molecule has 2 N–H and O–H groups in total. The number of aromatic nitrogens is 1. The number of pyridine rings is 1. The van der Waals surface area contributed by atoms with Crippen LogP contribution in [-0.2, 0) is 11.2 Å². The largest absolute Gasteiger partial charge is 0.369 e. The Morgan fingerprint density at radius 3 is 2.64 bits per heavy atom. The molecule has 28 heavy (non-hydrogen) atoms. The van der Waals surface area contributed by atoms with Crippen molar-refractivity contribution in [2.75, 3.05) is 49.1 Å². The lowest BCUT2D eigenvalue weighted by Crippen LogP contribution is -2.43. The zero-order valence-corrected chi connectivity index (χ0v) is 16.5. The lowest BCUT2D eigenvalue weighted by molar-refractivity contribution is -0.121. The SMILES string of the molecule is Cc1cncc(N2CC[C@@H](NC(=O)Cc3ccc(N4CCNCC4)cc3)C2)c1. The van der Waals surface area contributed by atoms with Gasteiger partial charge >= 0.3 is 0 Å². The first-order valence-corrected chi connectivity index (χ1v) is 10.2. The summed E-state index contributed by atoms with van der Waals surface area (Å²) >= 11 is 0. The van der Waals surface area contributed by atoms with Crippen LogP contribution in [0.4, 0.5) is 11.4 Å². The molecule has 0 bridgehead atoms. The summed E-state index contributed by atoms with van der Waals surface area (Å²) in [5.41, 5.74) is 4.60. The average molecular weight is 380 g/mol. The molecular formula is C22H29N5O. The van der Waals surface area contributed by atoms with Gasteiger partial charge in [-0.15, -0.1) is 0 Å². The van der Waals surface area contributed by atoms with E-state index in [4.69, 9.17) is 0 Å². The van der Waals surface area contributed by atoms with Crippen LogP contribution in [0, 0.1) is 6.92 Å². The first-order valence-electron chi connectivity index (χ1n) is 10.2. The van der Waals surface area contributed by atoms with Gasteiger partial charge in [-0.2, -0.15) is 0 Å². The molecule has 1 atom stereocenters. The summed E-state index contributed by atoms with van der Waals surface area (Å²) in [4.78, 5) is 21.4. The number of carbonyl (C=O) groups excluding carboxylic acids is 1. The molecule has 3 heterocycles. The van der Waals surface area contributed by atoms with E-state index in [0.29, 0.717) is 6.42 Å². The van der Waals surface area contributed by atoms with Gasteiger partial charge < -0.3 is 20.4 Å². The van der Waals surface area contributed by atoms with Crippen LogP contribution in [-0.4, -0.2) is 56.2 Å². The lowest BCUT2D eigenvalue weighted by Gasteiger charge is -2.29.